The van der Waals surface area contributed by atoms with Crippen molar-refractivity contribution in [1.29, 1.82) is 0 Å². The molecule has 4 aromatic heterocycles. The highest BCUT2D eigenvalue weighted by atomic mass is 32.1. The molecule has 6 heteroatoms. The molecule has 0 aromatic carbocycles. The molecule has 0 N–H and O–H groups in total. The second-order valence-electron chi connectivity index (χ2n) is 5.69. The molecule has 4 heterocycles. The van der Waals surface area contributed by atoms with Crippen molar-refractivity contribution in [2.24, 2.45) is 0 Å². The van der Waals surface area contributed by atoms with Crippen LogP contribution in [0, 0.1) is 0 Å². The molecule has 2 aliphatic carbocycles. The zero-order valence-electron chi connectivity index (χ0n) is 11.9. The normalized spacial score (nSPS) is 14.0. The Kier molecular flexibility index (Phi) is 2.46. The third-order valence-corrected chi connectivity index (χ3v) is 9.05. The van der Waals surface area contributed by atoms with E-state index in [0.29, 0.717) is 0 Å². The van der Waals surface area contributed by atoms with Gasteiger partial charge in [-0.15, -0.1) is 45.3 Å². The van der Waals surface area contributed by atoms with Gasteiger partial charge in [-0.25, -0.2) is 0 Å². The quantitative estimate of drug-likeness (QED) is 0.348. The highest BCUT2D eigenvalue weighted by Gasteiger charge is 2.33. The van der Waals surface area contributed by atoms with Gasteiger partial charge in [-0.05, 0) is 35.0 Å². The Morgan fingerprint density at radius 3 is 1.50 bits per heavy atom. The molecule has 2 nitrogen and oxygen atoms in total. The molecule has 2 aliphatic rings. The summed E-state index contributed by atoms with van der Waals surface area (Å²) in [5.74, 6) is 0.258. The molecule has 4 aromatic rings. The topological polar surface area (TPSA) is 34.1 Å². The second kappa shape index (κ2) is 4.40. The van der Waals surface area contributed by atoms with Crippen LogP contribution in [0.2, 0.25) is 0 Å². The predicted molar refractivity (Wildman–Crippen MR) is 101 cm³/mol. The maximum absolute atomic E-state index is 12.5. The highest BCUT2D eigenvalue weighted by Crippen LogP contribution is 2.52. The van der Waals surface area contributed by atoms with Crippen LogP contribution >= 0.6 is 45.3 Å². The molecule has 0 saturated carbocycles. The number of carbonyl (C=O) groups is 2. The SMILES string of the molecule is O=C1c2ccsc2-c2sc(-c3cc4c(s3)-c3sccc3C4=O)cc21. The molecule has 24 heavy (non-hydrogen) atoms. The maximum Gasteiger partial charge on any atom is 0.196 e. The van der Waals surface area contributed by atoms with E-state index >= 15 is 0 Å². The minimum Gasteiger partial charge on any atom is -0.288 e. The van der Waals surface area contributed by atoms with E-state index in [9.17, 15) is 9.59 Å². The van der Waals surface area contributed by atoms with Gasteiger partial charge in [-0.1, -0.05) is 0 Å². The minimum absolute atomic E-state index is 0.129. The monoisotopic (exact) mass is 382 g/mol. The average molecular weight is 383 g/mol. The number of carbonyl (C=O) groups excluding carboxylic acids is 2. The van der Waals surface area contributed by atoms with Gasteiger partial charge in [0.1, 0.15) is 0 Å². The van der Waals surface area contributed by atoms with E-state index in [0.717, 1.165) is 51.5 Å². The summed E-state index contributed by atoms with van der Waals surface area (Å²) in [6.45, 7) is 0. The summed E-state index contributed by atoms with van der Waals surface area (Å²) in [6, 6.07) is 7.81. The molecular formula is C18H6O2S4. The van der Waals surface area contributed by atoms with Crippen LogP contribution < -0.4 is 0 Å². The molecule has 114 valence electrons. The molecule has 0 unspecified atom stereocenters. The fourth-order valence-corrected chi connectivity index (χ4v) is 7.84. The summed E-state index contributed by atoms with van der Waals surface area (Å²) >= 11 is 6.57. The number of fused-ring (bicyclic) bond motifs is 6. The fraction of sp³-hybridized carbons (Fsp3) is 0. The van der Waals surface area contributed by atoms with E-state index in [1.54, 1.807) is 45.3 Å². The van der Waals surface area contributed by atoms with Crippen molar-refractivity contribution in [3.05, 3.63) is 57.3 Å². The zero-order valence-corrected chi connectivity index (χ0v) is 15.2. The Hall–Kier alpha value is -1.86. The zero-order chi connectivity index (χ0) is 16.0. The first-order chi connectivity index (χ1) is 11.7. The van der Waals surface area contributed by atoms with E-state index in [1.807, 2.05) is 35.0 Å². The Labute approximate surface area is 152 Å². The summed E-state index contributed by atoms with van der Waals surface area (Å²) in [7, 11) is 0. The third kappa shape index (κ3) is 1.50. The van der Waals surface area contributed by atoms with E-state index in [1.165, 1.54) is 0 Å². The summed E-state index contributed by atoms with van der Waals surface area (Å²) in [5, 5.41) is 3.95. The standard InChI is InChI=1S/C18H6O2S4/c19-13-7-1-3-21-15(7)17-9(13)5-11(23-17)12-6-10-14(20)8-2-4-22-16(8)18(10)24-12/h1-6H. The molecule has 0 atom stereocenters. The first kappa shape index (κ1) is 13.4. The molecule has 0 spiro atoms. The predicted octanol–water partition coefficient (Wildman–Crippen LogP) is 6.02. The number of hydrogen-bond donors (Lipinski definition) is 0. The fourth-order valence-electron chi connectivity index (χ4n) is 3.32. The van der Waals surface area contributed by atoms with Gasteiger partial charge in [-0.3, -0.25) is 9.59 Å². The molecular weight excluding hydrogens is 376 g/mol. The van der Waals surface area contributed by atoms with Gasteiger partial charge in [0.25, 0.3) is 0 Å². The highest BCUT2D eigenvalue weighted by molar-refractivity contribution is 7.29. The number of hydrogen-bond acceptors (Lipinski definition) is 6. The van der Waals surface area contributed by atoms with Crippen molar-refractivity contribution in [2.75, 3.05) is 0 Å². The first-order valence-corrected chi connectivity index (χ1v) is 10.6. The van der Waals surface area contributed by atoms with Gasteiger partial charge in [0, 0.05) is 32.0 Å². The first-order valence-electron chi connectivity index (χ1n) is 7.25. The Morgan fingerprint density at radius 1 is 0.583 bits per heavy atom. The summed E-state index contributed by atoms with van der Waals surface area (Å²) in [4.78, 5) is 31.5. The van der Waals surface area contributed by atoms with Crippen molar-refractivity contribution in [3.63, 3.8) is 0 Å². The van der Waals surface area contributed by atoms with Gasteiger partial charge in [0.2, 0.25) is 0 Å². The Bertz CT molecular complexity index is 1100. The Balaban J connectivity index is 1.53. The lowest BCUT2D eigenvalue weighted by Crippen LogP contribution is -1.92. The largest absolute Gasteiger partial charge is 0.288 e. The lowest BCUT2D eigenvalue weighted by atomic mass is 10.1. The molecule has 0 bridgehead atoms. The van der Waals surface area contributed by atoms with Crippen LogP contribution in [0.4, 0.5) is 0 Å². The smallest absolute Gasteiger partial charge is 0.196 e. The van der Waals surface area contributed by atoms with Crippen LogP contribution in [-0.4, -0.2) is 11.6 Å². The summed E-state index contributed by atoms with van der Waals surface area (Å²) < 4.78 is 0. The van der Waals surface area contributed by atoms with Crippen LogP contribution in [0.3, 0.4) is 0 Å². The van der Waals surface area contributed by atoms with Crippen molar-refractivity contribution >= 4 is 56.9 Å². The molecule has 0 fully saturated rings. The number of thiophene rings is 4. The van der Waals surface area contributed by atoms with Crippen molar-refractivity contribution in [2.45, 2.75) is 0 Å². The summed E-state index contributed by atoms with van der Waals surface area (Å²) in [6.07, 6.45) is 0. The minimum atomic E-state index is 0.129. The number of ketones is 2. The lowest BCUT2D eigenvalue weighted by Gasteiger charge is -1.93. The Morgan fingerprint density at radius 2 is 1.04 bits per heavy atom. The molecule has 0 radical (unpaired) electrons. The molecule has 0 saturated heterocycles. The van der Waals surface area contributed by atoms with E-state index in [4.69, 9.17) is 0 Å². The lowest BCUT2D eigenvalue weighted by molar-refractivity contribution is 0.103. The van der Waals surface area contributed by atoms with Crippen molar-refractivity contribution < 1.29 is 9.59 Å². The van der Waals surface area contributed by atoms with Crippen LogP contribution in [0.15, 0.2) is 35.0 Å². The molecule has 6 rings (SSSR count). The van der Waals surface area contributed by atoms with Crippen molar-refractivity contribution in [3.8, 4) is 29.3 Å². The van der Waals surface area contributed by atoms with Gasteiger partial charge in [0.15, 0.2) is 11.6 Å². The van der Waals surface area contributed by atoms with Gasteiger partial charge in [0.05, 0.1) is 19.5 Å². The number of rotatable bonds is 1. The van der Waals surface area contributed by atoms with E-state index in [-0.39, 0.29) is 11.6 Å². The van der Waals surface area contributed by atoms with Gasteiger partial charge in [-0.2, -0.15) is 0 Å². The van der Waals surface area contributed by atoms with Gasteiger partial charge >= 0.3 is 0 Å². The molecule has 0 amide bonds. The van der Waals surface area contributed by atoms with Crippen molar-refractivity contribution in [1.82, 2.24) is 0 Å². The van der Waals surface area contributed by atoms with E-state index < -0.39 is 0 Å². The van der Waals surface area contributed by atoms with E-state index in [2.05, 4.69) is 0 Å². The van der Waals surface area contributed by atoms with Gasteiger partial charge < -0.3 is 0 Å². The van der Waals surface area contributed by atoms with Crippen LogP contribution in [0.1, 0.15) is 31.8 Å². The summed E-state index contributed by atoms with van der Waals surface area (Å²) in [5.41, 5.74) is 3.29. The third-order valence-electron chi connectivity index (χ3n) is 4.43. The van der Waals surface area contributed by atoms with Crippen LogP contribution in [0.5, 0.6) is 0 Å². The maximum atomic E-state index is 12.5. The second-order valence-corrected chi connectivity index (χ2v) is 9.63. The van der Waals surface area contributed by atoms with Crippen LogP contribution in [-0.2, 0) is 0 Å². The van der Waals surface area contributed by atoms with Crippen LogP contribution in [0.25, 0.3) is 29.3 Å². The average Bonchev–Trinajstić information content (AvgIpc) is 3.37. The molecule has 0 aliphatic heterocycles.